The van der Waals surface area contributed by atoms with Crippen LogP contribution in [-0.4, -0.2) is 48.7 Å². The van der Waals surface area contributed by atoms with Gasteiger partial charge in [-0.15, -0.1) is 10.2 Å². The van der Waals surface area contributed by atoms with E-state index in [4.69, 9.17) is 21.1 Å². The number of aromatic nitrogens is 6. The third-order valence-corrected chi connectivity index (χ3v) is 8.77. The van der Waals surface area contributed by atoms with E-state index in [1.165, 1.54) is 23.1 Å². The minimum absolute atomic E-state index is 0.212. The van der Waals surface area contributed by atoms with Gasteiger partial charge in [0.2, 0.25) is 5.95 Å². The molecule has 1 aliphatic heterocycles. The van der Waals surface area contributed by atoms with Gasteiger partial charge in [-0.05, 0) is 41.1 Å². The molecule has 0 aliphatic carbocycles. The van der Waals surface area contributed by atoms with Gasteiger partial charge in [-0.1, -0.05) is 100 Å². The number of hydrogen-bond acceptors (Lipinski definition) is 11. The molecular formula is C29H24ClN7O3S2. The summed E-state index contributed by atoms with van der Waals surface area (Å²) in [6.07, 6.45) is 0. The Hall–Kier alpha value is -4.26. The molecule has 0 spiro atoms. The lowest BCUT2D eigenvalue weighted by Gasteiger charge is -2.29. The first kappa shape index (κ1) is 27.9. The van der Waals surface area contributed by atoms with Crippen molar-refractivity contribution in [2.45, 2.75) is 23.9 Å². The van der Waals surface area contributed by atoms with Crippen molar-refractivity contribution in [3.05, 3.63) is 106 Å². The van der Waals surface area contributed by atoms with Crippen molar-refractivity contribution in [3.8, 4) is 16.3 Å². The fourth-order valence-corrected chi connectivity index (χ4v) is 6.42. The smallest absolute Gasteiger partial charge is 0.338 e. The van der Waals surface area contributed by atoms with Crippen molar-refractivity contribution in [3.63, 3.8) is 0 Å². The fraction of sp³-hybridized carbons (Fsp3) is 0.172. The molecule has 10 nitrogen and oxygen atoms in total. The van der Waals surface area contributed by atoms with Gasteiger partial charge in [-0.3, -0.25) is 0 Å². The summed E-state index contributed by atoms with van der Waals surface area (Å²) in [5.74, 6) is 0.903. The molecule has 0 saturated carbocycles. The van der Waals surface area contributed by atoms with Crippen LogP contribution in [0.25, 0.3) is 10.6 Å². The number of thioether (sulfide) groups is 1. The van der Waals surface area contributed by atoms with Crippen molar-refractivity contribution < 1.29 is 14.3 Å². The largest absolute Gasteiger partial charge is 0.489 e. The molecule has 0 saturated heterocycles. The molecular weight excluding hydrogens is 594 g/mol. The average molecular weight is 618 g/mol. The summed E-state index contributed by atoms with van der Waals surface area (Å²) >= 11 is 9.00. The Bertz CT molecular complexity index is 1720. The summed E-state index contributed by atoms with van der Waals surface area (Å²) in [6, 6.07) is 24.2. The molecule has 1 N–H and O–H groups in total. The number of tetrazole rings is 1. The van der Waals surface area contributed by atoms with Crippen LogP contribution in [0.3, 0.4) is 0 Å². The Morgan fingerprint density at radius 1 is 1.02 bits per heavy atom. The number of para-hydroxylation sites is 1. The predicted molar refractivity (Wildman–Crippen MR) is 162 cm³/mol. The fourth-order valence-electron chi connectivity index (χ4n) is 4.46. The van der Waals surface area contributed by atoms with Gasteiger partial charge in [-0.25, -0.2) is 4.79 Å². The van der Waals surface area contributed by atoms with E-state index in [9.17, 15) is 4.79 Å². The van der Waals surface area contributed by atoms with Gasteiger partial charge in [-0.2, -0.15) is 4.68 Å². The monoisotopic (exact) mass is 617 g/mol. The number of esters is 1. The van der Waals surface area contributed by atoms with Crippen LogP contribution in [0.5, 0.6) is 5.75 Å². The second kappa shape index (κ2) is 12.7. The van der Waals surface area contributed by atoms with Crippen LogP contribution < -0.4 is 10.1 Å². The lowest BCUT2D eigenvalue weighted by Crippen LogP contribution is -2.31. The standard InChI is InChI=1S/C29H24ClN7O3S2/c1-2-39-27(38)24-22(17-41-29-34-32-26(42-29)19-8-4-3-5-9-19)31-28-33-35-36-37(28)25(24)21-10-6-7-11-23(21)40-16-18-12-14-20(30)15-13-18/h3-15,25H,2,16-17H2,1H3,(H,31,33,36). The zero-order valence-corrected chi connectivity index (χ0v) is 24.7. The summed E-state index contributed by atoms with van der Waals surface area (Å²) in [5.41, 5.74) is 3.68. The van der Waals surface area contributed by atoms with Gasteiger partial charge >= 0.3 is 5.97 Å². The van der Waals surface area contributed by atoms with Crippen LogP contribution in [0.4, 0.5) is 5.95 Å². The van der Waals surface area contributed by atoms with E-state index in [-0.39, 0.29) is 6.61 Å². The number of carbonyl (C=O) groups is 1. The SMILES string of the molecule is CCOC(=O)C1=C(CSc2nnc(-c3ccccc3)s2)Nc2nnnn2C1c1ccccc1OCc1ccc(Cl)cc1. The van der Waals surface area contributed by atoms with Gasteiger partial charge in [0.1, 0.15) is 23.4 Å². The highest BCUT2D eigenvalue weighted by molar-refractivity contribution is 8.01. The van der Waals surface area contributed by atoms with Crippen molar-refractivity contribution >= 4 is 46.6 Å². The highest BCUT2D eigenvalue weighted by atomic mass is 35.5. The van der Waals surface area contributed by atoms with Crippen molar-refractivity contribution in [1.29, 1.82) is 0 Å². The van der Waals surface area contributed by atoms with E-state index in [0.717, 1.165) is 20.5 Å². The molecule has 5 aromatic rings. The normalized spacial score (nSPS) is 14.3. The van der Waals surface area contributed by atoms with Crippen LogP contribution in [-0.2, 0) is 16.1 Å². The lowest BCUT2D eigenvalue weighted by molar-refractivity contribution is -0.139. The molecule has 0 fully saturated rings. The molecule has 0 bridgehead atoms. The summed E-state index contributed by atoms with van der Waals surface area (Å²) in [7, 11) is 0. The van der Waals surface area contributed by atoms with E-state index in [1.54, 1.807) is 11.6 Å². The van der Waals surface area contributed by atoms with E-state index < -0.39 is 12.0 Å². The zero-order valence-electron chi connectivity index (χ0n) is 22.3. The number of benzene rings is 3. The highest BCUT2D eigenvalue weighted by Crippen LogP contribution is 2.41. The van der Waals surface area contributed by atoms with Crippen LogP contribution in [0, 0.1) is 0 Å². The Morgan fingerprint density at radius 2 is 1.81 bits per heavy atom. The van der Waals surface area contributed by atoms with Gasteiger partial charge in [0.25, 0.3) is 0 Å². The third kappa shape index (κ3) is 6.01. The number of anilines is 1. The third-order valence-electron chi connectivity index (χ3n) is 6.38. The maximum atomic E-state index is 13.6. The Labute approximate surface area is 254 Å². The maximum Gasteiger partial charge on any atom is 0.338 e. The van der Waals surface area contributed by atoms with Gasteiger partial charge < -0.3 is 14.8 Å². The summed E-state index contributed by atoms with van der Waals surface area (Å²) in [6.45, 7) is 2.29. The molecule has 13 heteroatoms. The number of ether oxygens (including phenoxy) is 2. The Kier molecular flexibility index (Phi) is 8.45. The van der Waals surface area contributed by atoms with Crippen LogP contribution in [0.1, 0.15) is 24.1 Å². The number of rotatable bonds is 10. The molecule has 0 radical (unpaired) electrons. The van der Waals surface area contributed by atoms with E-state index in [0.29, 0.717) is 45.9 Å². The predicted octanol–water partition coefficient (Wildman–Crippen LogP) is 6.05. The average Bonchev–Trinajstić information content (AvgIpc) is 3.70. The number of fused-ring (bicyclic) bond motifs is 1. The molecule has 1 unspecified atom stereocenters. The first-order valence-corrected chi connectivity index (χ1v) is 15.2. The second-order valence-corrected chi connectivity index (χ2v) is 11.7. The molecule has 212 valence electrons. The van der Waals surface area contributed by atoms with Gasteiger partial charge in [0.15, 0.2) is 4.34 Å². The first-order valence-electron chi connectivity index (χ1n) is 13.0. The summed E-state index contributed by atoms with van der Waals surface area (Å²) in [5, 5.41) is 25.7. The number of nitrogens with one attached hydrogen (secondary N) is 1. The van der Waals surface area contributed by atoms with Crippen LogP contribution in [0.15, 0.2) is 94.5 Å². The number of nitrogens with zero attached hydrogens (tertiary/aromatic N) is 6. The zero-order chi connectivity index (χ0) is 28.9. The van der Waals surface area contributed by atoms with Gasteiger partial charge in [0, 0.05) is 27.6 Å². The van der Waals surface area contributed by atoms with Crippen LogP contribution in [0.2, 0.25) is 5.02 Å². The van der Waals surface area contributed by atoms with Crippen LogP contribution >= 0.6 is 34.7 Å². The lowest BCUT2D eigenvalue weighted by atomic mass is 9.95. The molecule has 42 heavy (non-hydrogen) atoms. The minimum atomic E-state index is -0.693. The Morgan fingerprint density at radius 3 is 2.62 bits per heavy atom. The molecule has 6 rings (SSSR count). The molecule has 2 aromatic heterocycles. The maximum absolute atomic E-state index is 13.6. The van der Waals surface area contributed by atoms with E-state index in [2.05, 4.69) is 31.0 Å². The van der Waals surface area contributed by atoms with Crippen molar-refractivity contribution in [2.24, 2.45) is 0 Å². The summed E-state index contributed by atoms with van der Waals surface area (Å²) in [4.78, 5) is 13.6. The van der Waals surface area contributed by atoms with Crippen molar-refractivity contribution in [2.75, 3.05) is 17.7 Å². The van der Waals surface area contributed by atoms with E-state index in [1.807, 2.05) is 78.9 Å². The molecule has 0 amide bonds. The second-order valence-electron chi connectivity index (χ2n) is 9.07. The summed E-state index contributed by atoms with van der Waals surface area (Å²) < 4.78 is 14.1. The van der Waals surface area contributed by atoms with Gasteiger partial charge in [0.05, 0.1) is 12.2 Å². The highest BCUT2D eigenvalue weighted by Gasteiger charge is 2.37. The quantitative estimate of drug-likeness (QED) is 0.147. The number of carbonyl (C=O) groups excluding carboxylic acids is 1. The van der Waals surface area contributed by atoms with Crippen molar-refractivity contribution in [1.82, 2.24) is 30.4 Å². The van der Waals surface area contributed by atoms with E-state index >= 15 is 0 Å². The molecule has 1 atom stereocenters. The Balaban J connectivity index is 1.34. The molecule has 3 aromatic carbocycles. The molecule has 3 heterocycles. The molecule has 1 aliphatic rings. The number of hydrogen-bond donors (Lipinski definition) is 1. The minimum Gasteiger partial charge on any atom is -0.489 e. The first-order chi connectivity index (χ1) is 20.6. The number of halogens is 1. The topological polar surface area (TPSA) is 117 Å².